The van der Waals surface area contributed by atoms with Crippen molar-refractivity contribution < 1.29 is 19.1 Å². The fourth-order valence-electron chi connectivity index (χ4n) is 2.56. The van der Waals surface area contributed by atoms with E-state index in [2.05, 4.69) is 0 Å². The summed E-state index contributed by atoms with van der Waals surface area (Å²) in [7, 11) is 0. The highest BCUT2D eigenvalue weighted by Crippen LogP contribution is 2.17. The number of benzene rings is 1. The number of rotatable bonds is 5. The molecule has 1 aliphatic heterocycles. The molecule has 6 nitrogen and oxygen atoms in total. The number of carbonyl (C=O) groups is 3. The second-order valence-corrected chi connectivity index (χ2v) is 5.93. The maximum Gasteiger partial charge on any atom is 0.331 e. The van der Waals surface area contributed by atoms with Crippen molar-refractivity contribution in [2.75, 3.05) is 13.2 Å². The first-order valence-corrected chi connectivity index (χ1v) is 8.04. The van der Waals surface area contributed by atoms with Crippen LogP contribution in [0.3, 0.4) is 0 Å². The third kappa shape index (κ3) is 5.09. The molecule has 1 fully saturated rings. The number of ether oxygens (including phenoxy) is 1. The molecule has 0 aliphatic carbocycles. The predicted molar refractivity (Wildman–Crippen MR) is 90.0 cm³/mol. The molecule has 2 rings (SSSR count). The van der Waals surface area contributed by atoms with Crippen LogP contribution in [0.25, 0.3) is 6.08 Å². The number of nitrogens with zero attached hydrogens (tertiary/aromatic N) is 1. The van der Waals surface area contributed by atoms with E-state index in [1.54, 1.807) is 30.3 Å². The van der Waals surface area contributed by atoms with Crippen molar-refractivity contribution in [3.8, 4) is 0 Å². The lowest BCUT2D eigenvalue weighted by Crippen LogP contribution is -2.51. The van der Waals surface area contributed by atoms with E-state index in [1.165, 1.54) is 11.0 Å². The van der Waals surface area contributed by atoms with Crippen molar-refractivity contribution >= 4 is 35.5 Å². The molecule has 1 aromatic rings. The smallest absolute Gasteiger partial charge is 0.331 e. The quantitative estimate of drug-likeness (QED) is 0.647. The van der Waals surface area contributed by atoms with Crippen molar-refractivity contribution in [2.45, 2.75) is 25.3 Å². The summed E-state index contributed by atoms with van der Waals surface area (Å²) in [6, 6.07) is 6.35. The van der Waals surface area contributed by atoms with Gasteiger partial charge in [-0.05, 0) is 43.0 Å². The lowest BCUT2D eigenvalue weighted by molar-refractivity contribution is -0.151. The Kier molecular flexibility index (Phi) is 6.37. The van der Waals surface area contributed by atoms with Crippen LogP contribution < -0.4 is 5.73 Å². The molecule has 7 heteroatoms. The summed E-state index contributed by atoms with van der Waals surface area (Å²) in [6.45, 7) is 0.0326. The second kappa shape index (κ2) is 8.49. The molecule has 1 aliphatic rings. The molecule has 1 aromatic carbocycles. The van der Waals surface area contributed by atoms with Gasteiger partial charge in [0.1, 0.15) is 6.04 Å². The molecule has 0 unspecified atom stereocenters. The minimum Gasteiger partial charge on any atom is -0.452 e. The average Bonchev–Trinajstić information content (AvgIpc) is 2.58. The average molecular weight is 351 g/mol. The zero-order valence-corrected chi connectivity index (χ0v) is 13.9. The number of amides is 2. The Balaban J connectivity index is 1.86. The SMILES string of the molecule is NC(=O)[C@@H]1CCCCN1C(=O)COC(=O)/C=C/c1cccc(Cl)c1. The fraction of sp³-hybridized carbons (Fsp3) is 0.353. The maximum absolute atomic E-state index is 12.1. The van der Waals surface area contributed by atoms with Gasteiger partial charge in [0.2, 0.25) is 5.91 Å². The summed E-state index contributed by atoms with van der Waals surface area (Å²) in [6.07, 6.45) is 4.97. The van der Waals surface area contributed by atoms with Crippen molar-refractivity contribution in [1.29, 1.82) is 0 Å². The lowest BCUT2D eigenvalue weighted by Gasteiger charge is -2.33. The van der Waals surface area contributed by atoms with E-state index in [9.17, 15) is 14.4 Å². The molecule has 128 valence electrons. The number of piperidine rings is 1. The number of likely N-dealkylation sites (tertiary alicyclic amines) is 1. The largest absolute Gasteiger partial charge is 0.452 e. The van der Waals surface area contributed by atoms with Crippen LogP contribution in [0.1, 0.15) is 24.8 Å². The first-order chi connectivity index (χ1) is 11.5. The van der Waals surface area contributed by atoms with Gasteiger partial charge in [-0.3, -0.25) is 9.59 Å². The normalized spacial score (nSPS) is 17.7. The second-order valence-electron chi connectivity index (χ2n) is 5.50. The van der Waals surface area contributed by atoms with Gasteiger partial charge in [-0.25, -0.2) is 4.79 Å². The molecule has 2 amide bonds. The fourth-order valence-corrected chi connectivity index (χ4v) is 2.76. The first kappa shape index (κ1) is 18.0. The van der Waals surface area contributed by atoms with Gasteiger partial charge in [0.25, 0.3) is 5.91 Å². The van der Waals surface area contributed by atoms with Gasteiger partial charge in [-0.1, -0.05) is 23.7 Å². The van der Waals surface area contributed by atoms with E-state index in [1.807, 2.05) is 0 Å². The van der Waals surface area contributed by atoms with Gasteiger partial charge in [0.05, 0.1) is 0 Å². The summed E-state index contributed by atoms with van der Waals surface area (Å²) in [5, 5.41) is 0.559. The number of nitrogens with two attached hydrogens (primary N) is 1. The molecule has 0 saturated carbocycles. The summed E-state index contributed by atoms with van der Waals surface area (Å²) < 4.78 is 4.94. The Bertz CT molecular complexity index is 660. The van der Waals surface area contributed by atoms with E-state index in [4.69, 9.17) is 22.1 Å². The molecule has 24 heavy (non-hydrogen) atoms. The van der Waals surface area contributed by atoms with Crippen LogP contribution in [-0.4, -0.2) is 41.9 Å². The highest BCUT2D eigenvalue weighted by molar-refractivity contribution is 6.30. The summed E-state index contributed by atoms with van der Waals surface area (Å²) >= 11 is 5.85. The van der Waals surface area contributed by atoms with Gasteiger partial charge in [-0.2, -0.15) is 0 Å². The number of halogens is 1. The number of carbonyl (C=O) groups excluding carboxylic acids is 3. The first-order valence-electron chi connectivity index (χ1n) is 7.66. The van der Waals surface area contributed by atoms with E-state index in [0.717, 1.165) is 18.4 Å². The van der Waals surface area contributed by atoms with Crippen LogP contribution in [0.4, 0.5) is 0 Å². The van der Waals surface area contributed by atoms with Gasteiger partial charge in [-0.15, -0.1) is 0 Å². The highest BCUT2D eigenvalue weighted by atomic mass is 35.5. The van der Waals surface area contributed by atoms with Crippen LogP contribution in [0.15, 0.2) is 30.3 Å². The monoisotopic (exact) mass is 350 g/mol. The molecular formula is C17H19ClN2O4. The molecule has 1 atom stereocenters. The van der Waals surface area contributed by atoms with Crippen LogP contribution in [0, 0.1) is 0 Å². The lowest BCUT2D eigenvalue weighted by atomic mass is 10.0. The predicted octanol–water partition coefficient (Wildman–Crippen LogP) is 1.76. The molecule has 0 spiro atoms. The topological polar surface area (TPSA) is 89.7 Å². The molecule has 1 saturated heterocycles. The molecule has 0 aromatic heterocycles. The Morgan fingerprint density at radius 2 is 2.12 bits per heavy atom. The Hall–Kier alpha value is -2.34. The number of esters is 1. The van der Waals surface area contributed by atoms with Gasteiger partial charge in [0, 0.05) is 17.6 Å². The Morgan fingerprint density at radius 1 is 1.33 bits per heavy atom. The minimum absolute atomic E-state index is 0.414. The van der Waals surface area contributed by atoms with Gasteiger partial charge < -0.3 is 15.4 Å². The van der Waals surface area contributed by atoms with E-state index < -0.39 is 30.4 Å². The van der Waals surface area contributed by atoms with E-state index in [0.29, 0.717) is 18.0 Å². The molecule has 0 bridgehead atoms. The van der Waals surface area contributed by atoms with Gasteiger partial charge in [0.15, 0.2) is 6.61 Å². The number of hydrogen-bond donors (Lipinski definition) is 1. The molecule has 0 radical (unpaired) electrons. The van der Waals surface area contributed by atoms with E-state index in [-0.39, 0.29) is 0 Å². The van der Waals surface area contributed by atoms with E-state index >= 15 is 0 Å². The number of primary amides is 1. The molecular weight excluding hydrogens is 332 g/mol. The number of hydrogen-bond acceptors (Lipinski definition) is 4. The van der Waals surface area contributed by atoms with Crippen molar-refractivity contribution in [1.82, 2.24) is 4.90 Å². The Labute approximate surface area is 145 Å². The highest BCUT2D eigenvalue weighted by Gasteiger charge is 2.30. The van der Waals surface area contributed by atoms with Gasteiger partial charge >= 0.3 is 5.97 Å². The third-order valence-corrected chi connectivity index (χ3v) is 3.99. The third-order valence-electron chi connectivity index (χ3n) is 3.75. The zero-order valence-electron chi connectivity index (χ0n) is 13.1. The standard InChI is InChI=1S/C17H19ClN2O4/c18-13-5-3-4-12(10-13)7-8-16(22)24-11-15(21)20-9-2-1-6-14(20)17(19)23/h3-5,7-8,10,14H,1-2,6,9,11H2,(H2,19,23)/b8-7+/t14-/m0/s1. The van der Waals surface area contributed by atoms with Crippen LogP contribution in [-0.2, 0) is 19.1 Å². The van der Waals surface area contributed by atoms with Crippen LogP contribution in [0.5, 0.6) is 0 Å². The van der Waals surface area contributed by atoms with Crippen LogP contribution >= 0.6 is 11.6 Å². The summed E-state index contributed by atoms with van der Waals surface area (Å²) in [5.41, 5.74) is 6.06. The zero-order chi connectivity index (χ0) is 17.5. The summed E-state index contributed by atoms with van der Waals surface area (Å²) in [5.74, 6) is -1.59. The maximum atomic E-state index is 12.1. The summed E-state index contributed by atoms with van der Waals surface area (Å²) in [4.78, 5) is 36.6. The van der Waals surface area contributed by atoms with Crippen molar-refractivity contribution in [2.24, 2.45) is 5.73 Å². The van der Waals surface area contributed by atoms with Crippen molar-refractivity contribution in [3.63, 3.8) is 0 Å². The Morgan fingerprint density at radius 3 is 2.83 bits per heavy atom. The minimum atomic E-state index is -0.643. The molecule has 2 N–H and O–H groups in total. The van der Waals surface area contributed by atoms with Crippen molar-refractivity contribution in [3.05, 3.63) is 40.9 Å². The molecule has 1 heterocycles. The van der Waals surface area contributed by atoms with Crippen LogP contribution in [0.2, 0.25) is 5.02 Å².